The van der Waals surface area contributed by atoms with E-state index in [-0.39, 0.29) is 4.75 Å². The van der Waals surface area contributed by atoms with Crippen LogP contribution in [0.4, 0.5) is 0 Å². The van der Waals surface area contributed by atoms with Gasteiger partial charge in [-0.25, -0.2) is 13.1 Å². The Morgan fingerprint density at radius 1 is 1.43 bits per heavy atom. The molecule has 2 heterocycles. The van der Waals surface area contributed by atoms with Gasteiger partial charge in [-0.1, -0.05) is 13.8 Å². The Labute approximate surface area is 136 Å². The summed E-state index contributed by atoms with van der Waals surface area (Å²) in [6.07, 6.45) is 2.25. The first-order valence-corrected chi connectivity index (χ1v) is 10.6. The minimum Gasteiger partial charge on any atom is -0.310 e. The van der Waals surface area contributed by atoms with E-state index in [0.29, 0.717) is 23.3 Å². The molecule has 1 aromatic rings. The molecule has 2 rings (SSSR count). The maximum absolute atomic E-state index is 12.4. The summed E-state index contributed by atoms with van der Waals surface area (Å²) < 4.78 is 27.9. The van der Waals surface area contributed by atoms with Crippen molar-refractivity contribution in [2.24, 2.45) is 0 Å². The standard InChI is InChI=1S/C14H24N2O2S3/c1-11(2)15-8-12-7-13(19-9-12)21(17,18)16-10-14(3)5-4-6-20-14/h7,9,11,15-16H,4-6,8,10H2,1-3H3. The van der Waals surface area contributed by atoms with Gasteiger partial charge in [0.05, 0.1) is 0 Å². The monoisotopic (exact) mass is 348 g/mol. The van der Waals surface area contributed by atoms with Crippen LogP contribution in [0.15, 0.2) is 15.7 Å². The van der Waals surface area contributed by atoms with Crippen molar-refractivity contribution in [3.63, 3.8) is 0 Å². The molecule has 120 valence electrons. The van der Waals surface area contributed by atoms with E-state index < -0.39 is 10.0 Å². The van der Waals surface area contributed by atoms with E-state index >= 15 is 0 Å². The fourth-order valence-electron chi connectivity index (χ4n) is 2.20. The fraction of sp³-hybridized carbons (Fsp3) is 0.714. The highest BCUT2D eigenvalue weighted by Crippen LogP contribution is 2.37. The largest absolute Gasteiger partial charge is 0.310 e. The van der Waals surface area contributed by atoms with E-state index in [1.54, 1.807) is 6.07 Å². The normalized spacial score (nSPS) is 23.0. The van der Waals surface area contributed by atoms with Crippen molar-refractivity contribution in [2.75, 3.05) is 12.3 Å². The van der Waals surface area contributed by atoms with Crippen LogP contribution in [-0.4, -0.2) is 31.5 Å². The SMILES string of the molecule is CC(C)NCc1csc(S(=O)(=O)NCC2(C)CCCS2)c1. The summed E-state index contributed by atoms with van der Waals surface area (Å²) in [4.78, 5) is 0. The fourth-order valence-corrected chi connectivity index (χ4v) is 5.96. The topological polar surface area (TPSA) is 58.2 Å². The summed E-state index contributed by atoms with van der Waals surface area (Å²) in [7, 11) is -3.38. The highest BCUT2D eigenvalue weighted by Gasteiger charge is 2.31. The van der Waals surface area contributed by atoms with Crippen LogP contribution in [0.2, 0.25) is 0 Å². The third kappa shape index (κ3) is 4.96. The Balaban J connectivity index is 1.96. The van der Waals surface area contributed by atoms with E-state index in [2.05, 4.69) is 30.8 Å². The van der Waals surface area contributed by atoms with E-state index in [1.807, 2.05) is 17.1 Å². The first-order chi connectivity index (χ1) is 9.81. The lowest BCUT2D eigenvalue weighted by Crippen LogP contribution is -2.36. The molecule has 0 aromatic carbocycles. The number of thioether (sulfide) groups is 1. The maximum atomic E-state index is 12.4. The summed E-state index contributed by atoms with van der Waals surface area (Å²) in [5.74, 6) is 1.13. The molecule has 0 aliphatic carbocycles. The van der Waals surface area contributed by atoms with E-state index in [1.165, 1.54) is 17.8 Å². The molecule has 1 aromatic heterocycles. The molecule has 0 saturated carbocycles. The summed E-state index contributed by atoms with van der Waals surface area (Å²) in [6.45, 7) is 7.51. The molecule has 1 unspecified atom stereocenters. The second-order valence-electron chi connectivity index (χ2n) is 6.04. The molecule has 1 saturated heterocycles. The quantitative estimate of drug-likeness (QED) is 0.795. The van der Waals surface area contributed by atoms with Crippen LogP contribution in [0.3, 0.4) is 0 Å². The Bertz CT molecular complexity index is 561. The van der Waals surface area contributed by atoms with Crippen molar-refractivity contribution in [3.05, 3.63) is 17.0 Å². The van der Waals surface area contributed by atoms with E-state index in [9.17, 15) is 8.42 Å². The first-order valence-electron chi connectivity index (χ1n) is 7.25. The smallest absolute Gasteiger partial charge is 0.250 e. The van der Waals surface area contributed by atoms with Crippen LogP contribution in [0.25, 0.3) is 0 Å². The van der Waals surface area contributed by atoms with Gasteiger partial charge < -0.3 is 5.32 Å². The third-order valence-corrected chi connectivity index (χ3v) is 7.97. The molecule has 7 heteroatoms. The van der Waals surface area contributed by atoms with Crippen LogP contribution in [-0.2, 0) is 16.6 Å². The lowest BCUT2D eigenvalue weighted by atomic mass is 10.1. The van der Waals surface area contributed by atoms with Crippen LogP contribution in [0.5, 0.6) is 0 Å². The second kappa shape index (κ2) is 7.00. The molecular formula is C14H24N2O2S3. The number of nitrogens with one attached hydrogen (secondary N) is 2. The Morgan fingerprint density at radius 2 is 2.19 bits per heavy atom. The van der Waals surface area contributed by atoms with Gasteiger partial charge in [0.15, 0.2) is 0 Å². The minimum absolute atomic E-state index is 0.0480. The second-order valence-corrected chi connectivity index (χ2v) is 10.6. The molecule has 1 fully saturated rings. The van der Waals surface area contributed by atoms with Crippen LogP contribution < -0.4 is 10.0 Å². The Hall–Kier alpha value is -0.0800. The van der Waals surface area contributed by atoms with Gasteiger partial charge in [-0.3, -0.25) is 0 Å². The van der Waals surface area contributed by atoms with Gasteiger partial charge in [0.2, 0.25) is 10.0 Å². The molecule has 0 bridgehead atoms. The third-order valence-electron chi connectivity index (χ3n) is 3.55. The van der Waals surface area contributed by atoms with Gasteiger partial charge in [0, 0.05) is 23.9 Å². The van der Waals surface area contributed by atoms with Gasteiger partial charge in [-0.05, 0) is 42.5 Å². The number of hydrogen-bond donors (Lipinski definition) is 2. The number of hydrogen-bond acceptors (Lipinski definition) is 5. The molecule has 0 amide bonds. The first kappa shape index (κ1) is 17.3. The number of sulfonamides is 1. The molecular weight excluding hydrogens is 324 g/mol. The van der Waals surface area contributed by atoms with Gasteiger partial charge in [-0.2, -0.15) is 11.8 Å². The molecule has 0 radical (unpaired) electrons. The highest BCUT2D eigenvalue weighted by molar-refractivity contribution is 8.01. The average molecular weight is 349 g/mol. The summed E-state index contributed by atoms with van der Waals surface area (Å²) in [5.41, 5.74) is 1.02. The summed E-state index contributed by atoms with van der Waals surface area (Å²) in [5, 5.41) is 5.21. The van der Waals surface area contributed by atoms with Crippen LogP contribution in [0, 0.1) is 0 Å². The van der Waals surface area contributed by atoms with Gasteiger partial charge in [-0.15, -0.1) is 11.3 Å². The summed E-state index contributed by atoms with van der Waals surface area (Å²) >= 11 is 3.16. The van der Waals surface area contributed by atoms with Crippen LogP contribution >= 0.6 is 23.1 Å². The lowest BCUT2D eigenvalue weighted by molar-refractivity contribution is 0.553. The number of rotatable bonds is 7. The zero-order valence-electron chi connectivity index (χ0n) is 12.8. The molecule has 0 spiro atoms. The van der Waals surface area contributed by atoms with E-state index in [4.69, 9.17) is 0 Å². The lowest BCUT2D eigenvalue weighted by Gasteiger charge is -2.22. The molecule has 2 N–H and O–H groups in total. The predicted molar refractivity (Wildman–Crippen MR) is 91.6 cm³/mol. The van der Waals surface area contributed by atoms with E-state index in [0.717, 1.165) is 17.7 Å². The zero-order valence-corrected chi connectivity index (χ0v) is 15.3. The highest BCUT2D eigenvalue weighted by atomic mass is 32.2. The molecule has 1 aliphatic rings. The van der Waals surface area contributed by atoms with Gasteiger partial charge in [0.1, 0.15) is 4.21 Å². The van der Waals surface area contributed by atoms with Crippen molar-refractivity contribution < 1.29 is 8.42 Å². The van der Waals surface area contributed by atoms with Crippen LogP contribution in [0.1, 0.15) is 39.2 Å². The average Bonchev–Trinajstić information content (AvgIpc) is 3.04. The summed E-state index contributed by atoms with van der Waals surface area (Å²) in [6, 6.07) is 2.16. The number of thiophene rings is 1. The Morgan fingerprint density at radius 3 is 2.81 bits per heavy atom. The van der Waals surface area contributed by atoms with Crippen molar-refractivity contribution >= 4 is 33.1 Å². The molecule has 1 atom stereocenters. The van der Waals surface area contributed by atoms with Crippen molar-refractivity contribution in [1.82, 2.24) is 10.0 Å². The molecule has 4 nitrogen and oxygen atoms in total. The zero-order chi connectivity index (χ0) is 15.5. The maximum Gasteiger partial charge on any atom is 0.250 e. The van der Waals surface area contributed by atoms with Crippen molar-refractivity contribution in [2.45, 2.75) is 55.2 Å². The van der Waals surface area contributed by atoms with Gasteiger partial charge in [0.25, 0.3) is 0 Å². The molecule has 1 aliphatic heterocycles. The Kier molecular flexibility index (Phi) is 5.76. The van der Waals surface area contributed by atoms with Gasteiger partial charge >= 0.3 is 0 Å². The predicted octanol–water partition coefficient (Wildman–Crippen LogP) is 2.81. The van der Waals surface area contributed by atoms with Crippen molar-refractivity contribution in [1.29, 1.82) is 0 Å². The van der Waals surface area contributed by atoms with Crippen molar-refractivity contribution in [3.8, 4) is 0 Å². The minimum atomic E-state index is -3.38. The molecule has 21 heavy (non-hydrogen) atoms.